The highest BCUT2D eigenvalue weighted by Gasteiger charge is 2.17. The molecule has 1 fully saturated rings. The number of nitrogens with zero attached hydrogens (tertiary/aromatic N) is 4. The Bertz CT molecular complexity index is 387. The quantitative estimate of drug-likeness (QED) is 0.869. The molecule has 0 bridgehead atoms. The lowest BCUT2D eigenvalue weighted by Crippen LogP contribution is -2.36. The lowest BCUT2D eigenvalue weighted by Gasteiger charge is -2.30. The summed E-state index contributed by atoms with van der Waals surface area (Å²) in [5, 5.41) is 3.42. The van der Waals surface area contributed by atoms with Crippen LogP contribution in [-0.2, 0) is 0 Å². The molecule has 0 unspecified atom stereocenters. The fourth-order valence-electron chi connectivity index (χ4n) is 2.49. The van der Waals surface area contributed by atoms with Crippen molar-refractivity contribution in [2.75, 3.05) is 50.1 Å². The summed E-state index contributed by atoms with van der Waals surface area (Å²) in [7, 11) is 3.95. The van der Waals surface area contributed by atoms with Crippen molar-refractivity contribution in [3.05, 3.63) is 12.3 Å². The fourth-order valence-corrected chi connectivity index (χ4v) is 2.49. The average Bonchev–Trinajstić information content (AvgIpc) is 2.46. The molecule has 0 saturated carbocycles. The van der Waals surface area contributed by atoms with Crippen LogP contribution in [0.3, 0.4) is 0 Å². The molecule has 1 aliphatic rings. The Kier molecular flexibility index (Phi) is 4.96. The van der Waals surface area contributed by atoms with Gasteiger partial charge in [0.1, 0.15) is 5.82 Å². The van der Waals surface area contributed by atoms with Gasteiger partial charge in [0.2, 0.25) is 5.95 Å². The van der Waals surface area contributed by atoms with Crippen LogP contribution < -0.4 is 15.1 Å². The maximum Gasteiger partial charge on any atom is 0.226 e. The molecule has 1 aliphatic heterocycles. The van der Waals surface area contributed by atoms with Gasteiger partial charge in [0.05, 0.1) is 0 Å². The van der Waals surface area contributed by atoms with E-state index in [-0.39, 0.29) is 0 Å². The van der Waals surface area contributed by atoms with E-state index in [0.29, 0.717) is 0 Å². The Morgan fingerprint density at radius 2 is 2.05 bits per heavy atom. The summed E-state index contributed by atoms with van der Waals surface area (Å²) in [6.45, 7) is 6.58. The summed E-state index contributed by atoms with van der Waals surface area (Å²) in [5.74, 6) is 2.60. The maximum atomic E-state index is 4.63. The predicted molar refractivity (Wildman–Crippen MR) is 79.8 cm³/mol. The maximum absolute atomic E-state index is 4.63. The molecule has 1 aromatic rings. The van der Waals surface area contributed by atoms with Gasteiger partial charge in [-0.3, -0.25) is 0 Å². The molecular formula is C14H25N5. The summed E-state index contributed by atoms with van der Waals surface area (Å²) in [6.07, 6.45) is 4.38. The third-order valence-electron chi connectivity index (χ3n) is 3.67. The molecule has 0 atom stereocenters. The van der Waals surface area contributed by atoms with Gasteiger partial charge in [-0.15, -0.1) is 0 Å². The third kappa shape index (κ3) is 3.80. The molecule has 5 heteroatoms. The van der Waals surface area contributed by atoms with Crippen LogP contribution in [0.4, 0.5) is 11.8 Å². The van der Waals surface area contributed by atoms with Crippen molar-refractivity contribution in [2.45, 2.75) is 19.8 Å². The number of aromatic nitrogens is 2. The number of hydrogen-bond donors (Lipinski definition) is 1. The zero-order valence-corrected chi connectivity index (χ0v) is 12.3. The lowest BCUT2D eigenvalue weighted by molar-refractivity contribution is 0.374. The van der Waals surface area contributed by atoms with Crippen LogP contribution >= 0.6 is 0 Å². The molecule has 0 radical (unpaired) electrons. The van der Waals surface area contributed by atoms with Crippen LogP contribution in [0.1, 0.15) is 19.8 Å². The Hall–Kier alpha value is -1.36. The lowest BCUT2D eigenvalue weighted by atomic mass is 9.97. The SMILES string of the molecule is CCN(CC1CCNCC1)c1ccnc(N(C)C)n1. The summed E-state index contributed by atoms with van der Waals surface area (Å²) in [6, 6.07) is 2.01. The molecule has 106 valence electrons. The first-order valence-corrected chi connectivity index (χ1v) is 7.16. The van der Waals surface area contributed by atoms with Gasteiger partial charge >= 0.3 is 0 Å². The van der Waals surface area contributed by atoms with Crippen molar-refractivity contribution >= 4 is 11.8 Å². The van der Waals surface area contributed by atoms with Gasteiger partial charge < -0.3 is 15.1 Å². The summed E-state index contributed by atoms with van der Waals surface area (Å²) in [5.41, 5.74) is 0. The highest BCUT2D eigenvalue weighted by atomic mass is 15.3. The second kappa shape index (κ2) is 6.70. The van der Waals surface area contributed by atoms with Crippen LogP contribution in [0.25, 0.3) is 0 Å². The van der Waals surface area contributed by atoms with E-state index < -0.39 is 0 Å². The van der Waals surface area contributed by atoms with Crippen molar-refractivity contribution in [1.29, 1.82) is 0 Å². The largest absolute Gasteiger partial charge is 0.356 e. The van der Waals surface area contributed by atoms with Crippen LogP contribution in [-0.4, -0.2) is 50.2 Å². The zero-order chi connectivity index (χ0) is 13.7. The predicted octanol–water partition coefficient (Wildman–Crippen LogP) is 1.37. The van der Waals surface area contributed by atoms with Crippen LogP contribution in [0.15, 0.2) is 12.3 Å². The first-order chi connectivity index (χ1) is 9.20. The molecule has 0 amide bonds. The Balaban J connectivity index is 2.05. The second-order valence-electron chi connectivity index (χ2n) is 5.34. The highest BCUT2D eigenvalue weighted by Crippen LogP contribution is 2.19. The van der Waals surface area contributed by atoms with Crippen molar-refractivity contribution in [2.24, 2.45) is 5.92 Å². The fraction of sp³-hybridized carbons (Fsp3) is 0.714. The van der Waals surface area contributed by atoms with E-state index >= 15 is 0 Å². The van der Waals surface area contributed by atoms with E-state index in [1.54, 1.807) is 0 Å². The van der Waals surface area contributed by atoms with Crippen molar-refractivity contribution in [3.8, 4) is 0 Å². The van der Waals surface area contributed by atoms with Crippen molar-refractivity contribution in [1.82, 2.24) is 15.3 Å². The summed E-state index contributed by atoms with van der Waals surface area (Å²) in [4.78, 5) is 13.2. The number of anilines is 2. The number of nitrogens with one attached hydrogen (secondary N) is 1. The highest BCUT2D eigenvalue weighted by molar-refractivity contribution is 5.43. The molecule has 0 aromatic carbocycles. The van der Waals surface area contributed by atoms with Gasteiger partial charge in [0.25, 0.3) is 0 Å². The van der Waals surface area contributed by atoms with E-state index in [1.165, 1.54) is 12.8 Å². The molecule has 19 heavy (non-hydrogen) atoms. The molecule has 5 nitrogen and oxygen atoms in total. The first-order valence-electron chi connectivity index (χ1n) is 7.16. The minimum atomic E-state index is 0.777. The molecule has 0 aliphatic carbocycles. The Morgan fingerprint density at radius 3 is 2.68 bits per heavy atom. The van der Waals surface area contributed by atoms with Gasteiger partial charge in [-0.05, 0) is 44.8 Å². The van der Waals surface area contributed by atoms with Gasteiger partial charge in [0, 0.05) is 33.4 Å². The third-order valence-corrected chi connectivity index (χ3v) is 3.67. The minimum Gasteiger partial charge on any atom is -0.356 e. The second-order valence-corrected chi connectivity index (χ2v) is 5.34. The van der Waals surface area contributed by atoms with E-state index in [4.69, 9.17) is 0 Å². The molecule has 2 rings (SSSR count). The molecular weight excluding hydrogens is 238 g/mol. The number of rotatable bonds is 5. The van der Waals surface area contributed by atoms with Crippen LogP contribution in [0.2, 0.25) is 0 Å². The standard InChI is InChI=1S/C14H25N5/c1-4-19(11-12-5-8-15-9-6-12)13-7-10-16-14(17-13)18(2)3/h7,10,12,15H,4-6,8-9,11H2,1-3H3. The van der Waals surface area contributed by atoms with E-state index in [1.807, 2.05) is 31.3 Å². The van der Waals surface area contributed by atoms with Crippen molar-refractivity contribution < 1.29 is 0 Å². The zero-order valence-electron chi connectivity index (χ0n) is 12.3. The number of piperidine rings is 1. The topological polar surface area (TPSA) is 44.3 Å². The molecule has 1 saturated heterocycles. The van der Waals surface area contributed by atoms with Crippen molar-refractivity contribution in [3.63, 3.8) is 0 Å². The van der Waals surface area contributed by atoms with Gasteiger partial charge in [-0.2, -0.15) is 4.98 Å². The van der Waals surface area contributed by atoms with Crippen LogP contribution in [0, 0.1) is 5.92 Å². The average molecular weight is 263 g/mol. The smallest absolute Gasteiger partial charge is 0.226 e. The summed E-state index contributed by atoms with van der Waals surface area (Å²) >= 11 is 0. The Labute approximate surface area is 116 Å². The minimum absolute atomic E-state index is 0.777. The van der Waals surface area contributed by atoms with E-state index in [0.717, 1.165) is 43.9 Å². The molecule has 2 heterocycles. The van der Waals surface area contributed by atoms with E-state index in [9.17, 15) is 0 Å². The van der Waals surface area contributed by atoms with E-state index in [2.05, 4.69) is 27.1 Å². The summed E-state index contributed by atoms with van der Waals surface area (Å²) < 4.78 is 0. The van der Waals surface area contributed by atoms with Gasteiger partial charge in [-0.1, -0.05) is 0 Å². The Morgan fingerprint density at radius 1 is 1.32 bits per heavy atom. The number of hydrogen-bond acceptors (Lipinski definition) is 5. The monoisotopic (exact) mass is 263 g/mol. The van der Waals surface area contributed by atoms with Gasteiger partial charge in [-0.25, -0.2) is 4.98 Å². The first kappa shape index (κ1) is 14.1. The molecule has 0 spiro atoms. The normalized spacial score (nSPS) is 16.4. The van der Waals surface area contributed by atoms with Gasteiger partial charge in [0.15, 0.2) is 0 Å². The molecule has 1 aromatic heterocycles. The molecule has 1 N–H and O–H groups in total. The van der Waals surface area contributed by atoms with Crippen LogP contribution in [0.5, 0.6) is 0 Å².